The predicted molar refractivity (Wildman–Crippen MR) is 137 cm³/mol. The molecule has 5 rings (SSSR count). The van der Waals surface area contributed by atoms with Gasteiger partial charge in [0.15, 0.2) is 0 Å². The molecule has 7 nitrogen and oxygen atoms in total. The maximum atomic E-state index is 9.42. The van der Waals surface area contributed by atoms with Crippen molar-refractivity contribution in [1.82, 2.24) is 14.5 Å². The second-order valence-corrected chi connectivity index (χ2v) is 9.06. The van der Waals surface area contributed by atoms with Crippen LogP contribution in [0.25, 0.3) is 22.2 Å². The number of nitrogens with zero attached hydrogens (tertiary/aromatic N) is 5. The van der Waals surface area contributed by atoms with Crippen molar-refractivity contribution in [2.24, 2.45) is 7.05 Å². The molecule has 0 spiro atoms. The van der Waals surface area contributed by atoms with Crippen LogP contribution in [0, 0.1) is 36.5 Å². The molecule has 0 atom stereocenters. The van der Waals surface area contributed by atoms with Crippen molar-refractivity contribution in [3.63, 3.8) is 0 Å². The summed E-state index contributed by atoms with van der Waals surface area (Å²) >= 11 is 1.44. The van der Waals surface area contributed by atoms with Gasteiger partial charge in [0, 0.05) is 24.5 Å². The molecule has 8 heteroatoms. The Hall–Kier alpha value is -4.66. The van der Waals surface area contributed by atoms with Crippen molar-refractivity contribution in [3.05, 3.63) is 81.7 Å². The van der Waals surface area contributed by atoms with Gasteiger partial charge < -0.3 is 14.6 Å². The van der Waals surface area contributed by atoms with Gasteiger partial charge in [-0.2, -0.15) is 15.5 Å². The van der Waals surface area contributed by atoms with E-state index in [1.165, 1.54) is 11.3 Å². The highest BCUT2D eigenvalue weighted by atomic mass is 32.1. The summed E-state index contributed by atoms with van der Waals surface area (Å²) in [6, 6.07) is 19.4. The molecule has 5 aromatic rings. The highest BCUT2D eigenvalue weighted by Gasteiger charge is 2.17. The topological polar surface area (TPSA) is 99.5 Å². The molecule has 0 saturated heterocycles. The zero-order chi connectivity index (χ0) is 24.5. The molecule has 0 fully saturated rings. The van der Waals surface area contributed by atoms with Crippen molar-refractivity contribution in [3.8, 4) is 34.9 Å². The van der Waals surface area contributed by atoms with Gasteiger partial charge in [-0.15, -0.1) is 11.3 Å². The van der Waals surface area contributed by atoms with Crippen molar-refractivity contribution < 1.29 is 4.74 Å². The highest BCUT2D eigenvalue weighted by Crippen LogP contribution is 2.37. The van der Waals surface area contributed by atoms with Gasteiger partial charge in [0.05, 0.1) is 17.1 Å². The zero-order valence-corrected chi connectivity index (χ0v) is 20.1. The fourth-order valence-corrected chi connectivity index (χ4v) is 4.73. The molecule has 0 bridgehead atoms. The first-order chi connectivity index (χ1) is 17.0. The Morgan fingerprint density at radius 3 is 2.40 bits per heavy atom. The van der Waals surface area contributed by atoms with Crippen LogP contribution in [0.15, 0.2) is 60.1 Å². The predicted octanol–water partition coefficient (Wildman–Crippen LogP) is 6.59. The largest absolute Gasteiger partial charge is 0.436 e. The highest BCUT2D eigenvalue weighted by molar-refractivity contribution is 7.11. The maximum Gasteiger partial charge on any atom is 0.249 e. The van der Waals surface area contributed by atoms with Crippen LogP contribution in [0.4, 0.5) is 11.6 Å². The molecule has 0 amide bonds. The van der Waals surface area contributed by atoms with E-state index >= 15 is 0 Å². The number of ether oxygens (including phenoxy) is 1. The van der Waals surface area contributed by atoms with E-state index in [0.717, 1.165) is 39.0 Å². The Morgan fingerprint density at radius 1 is 0.971 bits per heavy atom. The zero-order valence-electron chi connectivity index (χ0n) is 19.3. The van der Waals surface area contributed by atoms with Gasteiger partial charge in [0.1, 0.15) is 22.2 Å². The number of thiophene rings is 1. The molecule has 0 aliphatic heterocycles. The molecule has 0 saturated carbocycles. The van der Waals surface area contributed by atoms with Gasteiger partial charge in [0.25, 0.3) is 0 Å². The standard InChI is InChI=1S/C27H20N6OS/c1-16-12-19(21-9-11-35-23(21)15-29)13-17(2)25(16)34-26-24-22(8-10-33(24)3)31-27(32-26)30-20-6-4-18(14-28)5-7-20/h4-13H,1-3H3,(H,30,31,32). The Kier molecular flexibility index (Phi) is 5.66. The number of anilines is 2. The van der Waals surface area contributed by atoms with Gasteiger partial charge in [0.2, 0.25) is 11.8 Å². The summed E-state index contributed by atoms with van der Waals surface area (Å²) in [5.41, 5.74) is 6.68. The number of aryl methyl sites for hydroxylation is 3. The lowest BCUT2D eigenvalue weighted by Gasteiger charge is -2.15. The van der Waals surface area contributed by atoms with Gasteiger partial charge in [-0.25, -0.2) is 4.98 Å². The number of nitrogens with one attached hydrogen (secondary N) is 1. The third-order valence-corrected chi connectivity index (χ3v) is 6.51. The average Bonchev–Trinajstić information content (AvgIpc) is 3.48. The molecular formula is C27H20N6OS. The Morgan fingerprint density at radius 2 is 1.71 bits per heavy atom. The molecular weight excluding hydrogens is 456 g/mol. The fraction of sp³-hybridized carbons (Fsp3) is 0.111. The first kappa shape index (κ1) is 22.1. The van der Waals surface area contributed by atoms with Gasteiger partial charge in [-0.3, -0.25) is 0 Å². The summed E-state index contributed by atoms with van der Waals surface area (Å²) in [4.78, 5) is 10.00. The van der Waals surface area contributed by atoms with E-state index in [-0.39, 0.29) is 0 Å². The maximum absolute atomic E-state index is 9.42. The monoisotopic (exact) mass is 476 g/mol. The Labute approximate surface area is 206 Å². The summed E-state index contributed by atoms with van der Waals surface area (Å²) in [5, 5.41) is 23.6. The average molecular weight is 477 g/mol. The lowest BCUT2D eigenvalue weighted by Crippen LogP contribution is -2.02. The summed E-state index contributed by atoms with van der Waals surface area (Å²) < 4.78 is 8.35. The van der Waals surface area contributed by atoms with Crippen LogP contribution in [-0.4, -0.2) is 14.5 Å². The van der Waals surface area contributed by atoms with Crippen LogP contribution < -0.4 is 10.1 Å². The number of benzene rings is 2. The molecule has 0 aliphatic rings. The summed E-state index contributed by atoms with van der Waals surface area (Å²) in [5.74, 6) is 1.55. The van der Waals surface area contributed by atoms with Crippen molar-refractivity contribution >= 4 is 34.0 Å². The van der Waals surface area contributed by atoms with Crippen LogP contribution >= 0.6 is 11.3 Å². The molecule has 3 heterocycles. The smallest absolute Gasteiger partial charge is 0.249 e. The van der Waals surface area contributed by atoms with Crippen LogP contribution in [0.3, 0.4) is 0 Å². The van der Waals surface area contributed by atoms with E-state index in [0.29, 0.717) is 28.0 Å². The molecule has 1 N–H and O–H groups in total. The molecule has 3 aromatic heterocycles. The van der Waals surface area contributed by atoms with Gasteiger partial charge in [-0.1, -0.05) is 0 Å². The quantitative estimate of drug-likeness (QED) is 0.307. The molecule has 2 aromatic carbocycles. The number of fused-ring (bicyclic) bond motifs is 1. The minimum absolute atomic E-state index is 0.396. The minimum atomic E-state index is 0.396. The third kappa shape index (κ3) is 4.19. The van der Waals surface area contributed by atoms with Gasteiger partial charge >= 0.3 is 0 Å². The number of nitriles is 2. The van der Waals surface area contributed by atoms with E-state index in [2.05, 4.69) is 27.4 Å². The van der Waals surface area contributed by atoms with E-state index < -0.39 is 0 Å². The second-order valence-electron chi connectivity index (χ2n) is 8.14. The van der Waals surface area contributed by atoms with E-state index in [1.54, 1.807) is 12.1 Å². The second kappa shape index (κ2) is 8.94. The first-order valence-corrected chi connectivity index (χ1v) is 11.7. The van der Waals surface area contributed by atoms with Crippen LogP contribution in [0.2, 0.25) is 0 Å². The van der Waals surface area contributed by atoms with Crippen LogP contribution in [0.1, 0.15) is 21.6 Å². The van der Waals surface area contributed by atoms with Crippen LogP contribution in [-0.2, 0) is 7.05 Å². The number of hydrogen-bond acceptors (Lipinski definition) is 7. The summed E-state index contributed by atoms with van der Waals surface area (Å²) in [6.07, 6.45) is 1.92. The molecule has 0 unspecified atom stereocenters. The molecule has 0 aliphatic carbocycles. The van der Waals surface area contributed by atoms with Crippen molar-refractivity contribution in [2.45, 2.75) is 13.8 Å². The lowest BCUT2D eigenvalue weighted by atomic mass is 10.0. The van der Waals surface area contributed by atoms with E-state index in [4.69, 9.17) is 10.00 Å². The third-order valence-electron chi connectivity index (χ3n) is 5.69. The van der Waals surface area contributed by atoms with E-state index in [1.807, 2.05) is 73.4 Å². The number of hydrogen-bond donors (Lipinski definition) is 1. The summed E-state index contributed by atoms with van der Waals surface area (Å²) in [6.45, 7) is 3.98. The normalized spacial score (nSPS) is 10.7. The lowest BCUT2D eigenvalue weighted by molar-refractivity contribution is 0.459. The fourth-order valence-electron chi connectivity index (χ4n) is 4.03. The SMILES string of the molecule is Cc1cc(-c2ccsc2C#N)cc(C)c1Oc1nc(Nc2ccc(C#N)cc2)nc2ccn(C)c12. The Balaban J connectivity index is 1.54. The van der Waals surface area contributed by atoms with Crippen molar-refractivity contribution in [1.29, 1.82) is 10.5 Å². The number of aromatic nitrogens is 3. The van der Waals surface area contributed by atoms with Crippen LogP contribution in [0.5, 0.6) is 11.6 Å². The summed E-state index contributed by atoms with van der Waals surface area (Å²) in [7, 11) is 1.93. The first-order valence-electron chi connectivity index (χ1n) is 10.8. The molecule has 0 radical (unpaired) electrons. The van der Waals surface area contributed by atoms with Gasteiger partial charge in [-0.05, 0) is 84.4 Å². The molecule has 35 heavy (non-hydrogen) atoms. The Bertz CT molecular complexity index is 1630. The molecule has 170 valence electrons. The minimum Gasteiger partial charge on any atom is -0.436 e. The number of rotatable bonds is 5. The van der Waals surface area contributed by atoms with Crippen molar-refractivity contribution in [2.75, 3.05) is 5.32 Å². The van der Waals surface area contributed by atoms with E-state index in [9.17, 15) is 5.26 Å².